The second-order valence-corrected chi connectivity index (χ2v) is 2.14. The van der Waals surface area contributed by atoms with Gasteiger partial charge >= 0.3 is 5.97 Å². The molecule has 0 spiro atoms. The van der Waals surface area contributed by atoms with E-state index < -0.39 is 0 Å². The molecule has 0 aliphatic rings. The van der Waals surface area contributed by atoms with Gasteiger partial charge in [-0.05, 0) is 11.6 Å². The van der Waals surface area contributed by atoms with Gasteiger partial charge in [-0.3, -0.25) is 4.79 Å². The van der Waals surface area contributed by atoms with Crippen molar-refractivity contribution in [3.8, 4) is 0 Å². The lowest BCUT2D eigenvalue weighted by molar-refractivity contribution is -0.139. The monoisotopic (exact) mass is 149 g/mol. The maximum Gasteiger partial charge on any atom is 0.309 e. The molecule has 0 aliphatic carbocycles. The molecule has 0 saturated carbocycles. The first-order valence-electron chi connectivity index (χ1n) is 3.35. The summed E-state index contributed by atoms with van der Waals surface area (Å²) in [5, 5.41) is 0. The molecule has 1 aromatic carbocycles. The molecule has 2 nitrogen and oxygen atoms in total. The van der Waals surface area contributed by atoms with E-state index in [0.29, 0.717) is 6.42 Å². The molecule has 0 atom stereocenters. The van der Waals surface area contributed by atoms with E-state index in [-0.39, 0.29) is 5.97 Å². The van der Waals surface area contributed by atoms with Gasteiger partial charge < -0.3 is 4.74 Å². The maximum atomic E-state index is 10.7. The fourth-order valence-electron chi connectivity index (χ4n) is 0.768. The first-order chi connectivity index (χ1) is 5.33. The molecule has 0 aromatic heterocycles. The van der Waals surface area contributed by atoms with Crippen LogP contribution >= 0.6 is 0 Å². The van der Waals surface area contributed by atoms with Crippen LogP contribution in [0.4, 0.5) is 0 Å². The van der Waals surface area contributed by atoms with Crippen molar-refractivity contribution in [2.45, 2.75) is 6.42 Å². The number of rotatable bonds is 2. The van der Waals surface area contributed by atoms with Gasteiger partial charge in [-0.2, -0.15) is 0 Å². The minimum atomic E-state index is -0.229. The summed E-state index contributed by atoms with van der Waals surface area (Å²) in [5.74, 6) is -0.229. The second-order valence-electron chi connectivity index (χ2n) is 2.14. The molecule has 0 aliphatic heterocycles. The fourth-order valence-corrected chi connectivity index (χ4v) is 0.768. The van der Waals surface area contributed by atoms with Gasteiger partial charge in [0.2, 0.25) is 0 Å². The van der Waals surface area contributed by atoms with Crippen LogP contribution < -0.4 is 0 Å². The van der Waals surface area contributed by atoms with Crippen molar-refractivity contribution < 1.29 is 9.53 Å². The van der Waals surface area contributed by atoms with E-state index in [1.54, 1.807) is 6.07 Å². The van der Waals surface area contributed by atoms with Gasteiger partial charge in [0.15, 0.2) is 0 Å². The summed E-state index contributed by atoms with van der Waals surface area (Å²) in [6.07, 6.45) is 0.303. The van der Waals surface area contributed by atoms with Crippen LogP contribution in [0.5, 0.6) is 0 Å². The van der Waals surface area contributed by atoms with E-state index >= 15 is 0 Å². The molecule has 0 heterocycles. The van der Waals surface area contributed by atoms with Crippen LogP contribution in [0.15, 0.2) is 24.3 Å². The van der Waals surface area contributed by atoms with Gasteiger partial charge in [-0.1, -0.05) is 24.3 Å². The minimum absolute atomic E-state index is 0.229. The van der Waals surface area contributed by atoms with Gasteiger partial charge in [-0.15, -0.1) is 0 Å². The fraction of sp³-hybridized carbons (Fsp3) is 0.222. The summed E-state index contributed by atoms with van der Waals surface area (Å²) >= 11 is 0. The Morgan fingerprint density at radius 3 is 3.00 bits per heavy atom. The Kier molecular flexibility index (Phi) is 2.66. The molecule has 57 valence electrons. The van der Waals surface area contributed by atoms with Crippen LogP contribution in [0.2, 0.25) is 0 Å². The van der Waals surface area contributed by atoms with Gasteiger partial charge in [0.05, 0.1) is 13.5 Å². The number of carbonyl (C=O) groups excluding carboxylic acids is 1. The molecule has 1 radical (unpaired) electrons. The zero-order chi connectivity index (χ0) is 8.10. The molecule has 0 saturated heterocycles. The summed E-state index contributed by atoms with van der Waals surface area (Å²) in [6, 6.07) is 10.3. The minimum Gasteiger partial charge on any atom is -0.469 e. The molecule has 0 unspecified atom stereocenters. The Hall–Kier alpha value is -1.31. The zero-order valence-corrected chi connectivity index (χ0v) is 6.33. The van der Waals surface area contributed by atoms with Gasteiger partial charge in [0.25, 0.3) is 0 Å². The van der Waals surface area contributed by atoms with Crippen LogP contribution in [0, 0.1) is 6.07 Å². The van der Waals surface area contributed by atoms with Gasteiger partial charge in [-0.25, -0.2) is 0 Å². The quantitative estimate of drug-likeness (QED) is 0.590. The average molecular weight is 149 g/mol. The highest BCUT2D eigenvalue weighted by Gasteiger charge is 2.00. The molecule has 11 heavy (non-hydrogen) atoms. The van der Waals surface area contributed by atoms with Crippen molar-refractivity contribution >= 4 is 5.97 Å². The molecule has 0 N–H and O–H groups in total. The van der Waals surface area contributed by atoms with Crippen LogP contribution in [-0.4, -0.2) is 13.1 Å². The lowest BCUT2D eigenvalue weighted by atomic mass is 10.2. The van der Waals surface area contributed by atoms with Crippen LogP contribution in [0.3, 0.4) is 0 Å². The molecule has 0 fully saturated rings. The molecule has 0 bridgehead atoms. The highest BCUT2D eigenvalue weighted by atomic mass is 16.5. The van der Waals surface area contributed by atoms with E-state index in [2.05, 4.69) is 10.8 Å². The van der Waals surface area contributed by atoms with Crippen LogP contribution in [0.25, 0.3) is 0 Å². The number of esters is 1. The zero-order valence-electron chi connectivity index (χ0n) is 6.33. The normalized spacial score (nSPS) is 9.18. The van der Waals surface area contributed by atoms with E-state index in [1.165, 1.54) is 7.11 Å². The summed E-state index contributed by atoms with van der Waals surface area (Å²) < 4.78 is 4.50. The third kappa shape index (κ3) is 2.42. The number of methoxy groups -OCH3 is 1. The van der Waals surface area contributed by atoms with Crippen molar-refractivity contribution in [1.29, 1.82) is 0 Å². The van der Waals surface area contributed by atoms with E-state index in [4.69, 9.17) is 0 Å². The highest BCUT2D eigenvalue weighted by Crippen LogP contribution is 1.98. The maximum absolute atomic E-state index is 10.7. The number of ether oxygens (including phenoxy) is 1. The van der Waals surface area contributed by atoms with Crippen LogP contribution in [0.1, 0.15) is 5.56 Å². The average Bonchev–Trinajstić information content (AvgIpc) is 2.06. The van der Waals surface area contributed by atoms with Crippen molar-refractivity contribution in [3.63, 3.8) is 0 Å². The lowest BCUT2D eigenvalue weighted by Crippen LogP contribution is -2.03. The first-order valence-corrected chi connectivity index (χ1v) is 3.35. The summed E-state index contributed by atoms with van der Waals surface area (Å²) in [4.78, 5) is 10.7. The largest absolute Gasteiger partial charge is 0.469 e. The molecule has 1 aromatic rings. The number of hydrogen-bond acceptors (Lipinski definition) is 2. The number of benzene rings is 1. The summed E-state index contributed by atoms with van der Waals surface area (Å²) in [7, 11) is 1.38. The summed E-state index contributed by atoms with van der Waals surface area (Å²) in [6.45, 7) is 0. The second kappa shape index (κ2) is 3.76. The van der Waals surface area contributed by atoms with Crippen molar-refractivity contribution in [3.05, 3.63) is 35.9 Å². The van der Waals surface area contributed by atoms with Crippen molar-refractivity contribution in [2.24, 2.45) is 0 Å². The van der Waals surface area contributed by atoms with E-state index in [9.17, 15) is 4.79 Å². The SMILES string of the molecule is COC(=O)Cc1[c]cccc1. The predicted octanol–water partition coefficient (Wildman–Crippen LogP) is 1.20. The number of carbonyl (C=O) groups is 1. The van der Waals surface area contributed by atoms with Crippen LogP contribution in [-0.2, 0) is 16.0 Å². The Labute approximate surface area is 65.8 Å². The Morgan fingerprint density at radius 2 is 2.45 bits per heavy atom. The van der Waals surface area contributed by atoms with Crippen molar-refractivity contribution in [2.75, 3.05) is 7.11 Å². The standard InChI is InChI=1S/C9H9O2/c1-11-9(10)7-8-5-3-2-4-6-8/h2-5H,7H2,1H3. The highest BCUT2D eigenvalue weighted by molar-refractivity contribution is 5.72. The molecule has 0 amide bonds. The Balaban J connectivity index is 2.58. The molecular formula is C9H9O2. The Bertz CT molecular complexity index is 229. The third-order valence-corrected chi connectivity index (χ3v) is 1.34. The Morgan fingerprint density at radius 1 is 1.64 bits per heavy atom. The molecule has 2 heteroatoms. The smallest absolute Gasteiger partial charge is 0.309 e. The third-order valence-electron chi connectivity index (χ3n) is 1.34. The lowest BCUT2D eigenvalue weighted by Gasteiger charge is -1.97. The van der Waals surface area contributed by atoms with E-state index in [0.717, 1.165) is 5.56 Å². The van der Waals surface area contributed by atoms with Crippen molar-refractivity contribution in [1.82, 2.24) is 0 Å². The topological polar surface area (TPSA) is 26.3 Å². The first kappa shape index (κ1) is 7.79. The van der Waals surface area contributed by atoms with Gasteiger partial charge in [0, 0.05) is 0 Å². The number of hydrogen-bond donors (Lipinski definition) is 0. The summed E-state index contributed by atoms with van der Waals surface area (Å²) in [5.41, 5.74) is 0.861. The predicted molar refractivity (Wildman–Crippen MR) is 41.0 cm³/mol. The van der Waals surface area contributed by atoms with E-state index in [1.807, 2.05) is 18.2 Å². The molecular weight excluding hydrogens is 140 g/mol. The van der Waals surface area contributed by atoms with Gasteiger partial charge in [0.1, 0.15) is 0 Å². The molecule has 1 rings (SSSR count).